The van der Waals surface area contributed by atoms with E-state index in [0.29, 0.717) is 10.6 Å². The van der Waals surface area contributed by atoms with Crippen LogP contribution in [0.5, 0.6) is 0 Å². The second kappa shape index (κ2) is 13.4. The van der Waals surface area contributed by atoms with E-state index in [1.54, 1.807) is 12.1 Å². The Morgan fingerprint density at radius 1 is 0.917 bits per heavy atom. The number of imide groups is 2. The van der Waals surface area contributed by atoms with Gasteiger partial charge in [-0.15, -0.1) is 0 Å². The van der Waals surface area contributed by atoms with Crippen molar-refractivity contribution in [3.63, 3.8) is 0 Å². The first kappa shape index (κ1) is 27.7. The Labute approximate surface area is 213 Å². The van der Waals surface area contributed by atoms with Gasteiger partial charge in [-0.1, -0.05) is 57.4 Å². The van der Waals surface area contributed by atoms with E-state index in [1.807, 2.05) is 0 Å². The summed E-state index contributed by atoms with van der Waals surface area (Å²) in [6.07, 6.45) is 10.3. The predicted molar refractivity (Wildman–Crippen MR) is 133 cm³/mol. The zero-order chi connectivity index (χ0) is 26.1. The fraction of sp³-hybridized carbons (Fsp3) is 0.577. The van der Waals surface area contributed by atoms with Crippen molar-refractivity contribution < 1.29 is 33.3 Å². The van der Waals surface area contributed by atoms with Crippen LogP contribution in [0.1, 0.15) is 104 Å². The number of carboxylic acids is 1. The van der Waals surface area contributed by atoms with Gasteiger partial charge in [-0.05, 0) is 31.4 Å². The number of benzene rings is 1. The van der Waals surface area contributed by atoms with Gasteiger partial charge in [-0.2, -0.15) is 0 Å². The maximum atomic E-state index is 13.1. The monoisotopic (exact) mass is 518 g/mol. The van der Waals surface area contributed by atoms with Crippen molar-refractivity contribution in [1.29, 1.82) is 0 Å². The number of nitrogens with one attached hydrogen (secondary N) is 1. The molecule has 0 aromatic heterocycles. The van der Waals surface area contributed by atoms with Crippen molar-refractivity contribution in [2.24, 2.45) is 0 Å². The Bertz CT molecular complexity index is 1040. The summed E-state index contributed by atoms with van der Waals surface area (Å²) in [7, 11) is -1.45. The zero-order valence-corrected chi connectivity index (χ0v) is 21.3. The van der Waals surface area contributed by atoms with Crippen molar-refractivity contribution in [2.75, 3.05) is 5.75 Å². The van der Waals surface area contributed by atoms with Gasteiger partial charge in [0.15, 0.2) is 0 Å². The molecule has 1 saturated heterocycles. The Kier molecular flexibility index (Phi) is 10.3. The van der Waals surface area contributed by atoms with E-state index in [4.69, 9.17) is 5.11 Å². The van der Waals surface area contributed by atoms with E-state index < -0.39 is 46.4 Å². The minimum Gasteiger partial charge on any atom is -0.481 e. The molecule has 10 heteroatoms. The standard InChI is InChI=1S/C26H34N2O7S/c29-21-16-15-19(24(32)27-21)28-25(33)18-12-11-13-20(23(18)26(28)34)36(35)17-10-8-6-4-2-1-3-5-7-9-14-22(30)31/h11-13,19H,1-10,14-17H2,(H,30,31)(H,27,29,32). The lowest BCUT2D eigenvalue weighted by Gasteiger charge is -2.27. The third-order valence-electron chi connectivity index (χ3n) is 6.65. The highest BCUT2D eigenvalue weighted by molar-refractivity contribution is 7.85. The maximum Gasteiger partial charge on any atom is 0.303 e. The summed E-state index contributed by atoms with van der Waals surface area (Å²) in [5, 5.41) is 10.8. The number of unbranched alkanes of at least 4 members (excludes halogenated alkanes) is 9. The van der Waals surface area contributed by atoms with E-state index >= 15 is 0 Å². The largest absolute Gasteiger partial charge is 0.481 e. The summed E-state index contributed by atoms with van der Waals surface area (Å²) in [6, 6.07) is 3.67. The number of carbonyl (C=O) groups excluding carboxylic acids is 4. The molecular formula is C26H34N2O7S. The molecule has 2 atom stereocenters. The van der Waals surface area contributed by atoms with Crippen molar-refractivity contribution in [2.45, 2.75) is 94.4 Å². The van der Waals surface area contributed by atoms with Crippen LogP contribution in [0.25, 0.3) is 0 Å². The fourth-order valence-electron chi connectivity index (χ4n) is 4.71. The minimum absolute atomic E-state index is 0.0510. The molecule has 0 saturated carbocycles. The highest BCUT2D eigenvalue weighted by atomic mass is 32.2. The molecule has 0 radical (unpaired) electrons. The molecule has 196 valence electrons. The number of carbonyl (C=O) groups is 5. The Morgan fingerprint density at radius 3 is 2.14 bits per heavy atom. The van der Waals surface area contributed by atoms with Crippen molar-refractivity contribution in [3.8, 4) is 0 Å². The topological polar surface area (TPSA) is 138 Å². The molecule has 3 rings (SSSR count). The lowest BCUT2D eigenvalue weighted by atomic mass is 10.0. The number of nitrogens with zero attached hydrogens (tertiary/aromatic N) is 1. The van der Waals surface area contributed by atoms with Gasteiger partial charge in [0.25, 0.3) is 11.8 Å². The number of aliphatic carboxylic acids is 1. The molecule has 2 aliphatic heterocycles. The number of hydrogen-bond acceptors (Lipinski definition) is 6. The summed E-state index contributed by atoms with van der Waals surface area (Å²) in [6.45, 7) is 0. The quantitative estimate of drug-likeness (QED) is 0.267. The molecule has 1 aromatic rings. The average molecular weight is 519 g/mol. The maximum absolute atomic E-state index is 13.1. The molecule has 0 bridgehead atoms. The van der Waals surface area contributed by atoms with Gasteiger partial charge in [0.05, 0.1) is 26.8 Å². The molecular weight excluding hydrogens is 484 g/mol. The Hall–Kier alpha value is -2.88. The first-order valence-electron chi connectivity index (χ1n) is 12.8. The van der Waals surface area contributed by atoms with E-state index in [1.165, 1.54) is 6.07 Å². The first-order valence-corrected chi connectivity index (χ1v) is 14.1. The van der Waals surface area contributed by atoms with Gasteiger partial charge in [-0.25, -0.2) is 0 Å². The van der Waals surface area contributed by atoms with E-state index in [-0.39, 0.29) is 30.4 Å². The molecule has 2 aliphatic rings. The van der Waals surface area contributed by atoms with E-state index in [9.17, 15) is 28.2 Å². The molecule has 36 heavy (non-hydrogen) atoms. The van der Waals surface area contributed by atoms with Gasteiger partial charge < -0.3 is 5.11 Å². The summed E-state index contributed by atoms with van der Waals surface area (Å²) >= 11 is 0. The number of fused-ring (bicyclic) bond motifs is 1. The molecule has 2 N–H and O–H groups in total. The minimum atomic E-state index is -1.45. The van der Waals surface area contributed by atoms with Crippen LogP contribution < -0.4 is 5.32 Å². The molecule has 1 aromatic carbocycles. The van der Waals surface area contributed by atoms with Gasteiger partial charge in [0.2, 0.25) is 11.8 Å². The molecule has 2 unspecified atom stereocenters. The fourth-order valence-corrected chi connectivity index (χ4v) is 6.05. The molecule has 2 heterocycles. The molecule has 4 amide bonds. The highest BCUT2D eigenvalue weighted by Gasteiger charge is 2.46. The van der Waals surface area contributed by atoms with Crippen molar-refractivity contribution in [1.82, 2.24) is 10.2 Å². The van der Waals surface area contributed by atoms with Crippen LogP contribution in [0.15, 0.2) is 23.1 Å². The van der Waals surface area contributed by atoms with Crippen LogP contribution in [0.4, 0.5) is 0 Å². The van der Waals surface area contributed by atoms with Crippen molar-refractivity contribution >= 4 is 40.4 Å². The van der Waals surface area contributed by atoms with Crippen LogP contribution in [-0.4, -0.2) is 55.6 Å². The molecule has 0 aliphatic carbocycles. The third-order valence-corrected chi connectivity index (χ3v) is 8.14. The Morgan fingerprint density at radius 2 is 1.53 bits per heavy atom. The predicted octanol–water partition coefficient (Wildman–Crippen LogP) is 3.57. The smallest absolute Gasteiger partial charge is 0.303 e. The summed E-state index contributed by atoms with van der Waals surface area (Å²) in [5.41, 5.74) is 0.257. The summed E-state index contributed by atoms with van der Waals surface area (Å²) in [4.78, 5) is 61.4. The third kappa shape index (κ3) is 7.09. The number of carboxylic acid groups (broad SMARTS) is 1. The van der Waals surface area contributed by atoms with Crippen LogP contribution in [0.3, 0.4) is 0 Å². The van der Waals surface area contributed by atoms with Crippen molar-refractivity contribution in [3.05, 3.63) is 29.3 Å². The zero-order valence-electron chi connectivity index (χ0n) is 20.5. The SMILES string of the molecule is O=C(O)CCCCCCCCCCCCS(=O)c1cccc2c1C(=O)N(C1CCC(=O)NC1=O)C2=O. The highest BCUT2D eigenvalue weighted by Crippen LogP contribution is 2.31. The van der Waals surface area contributed by atoms with E-state index in [0.717, 1.165) is 69.1 Å². The van der Waals surface area contributed by atoms with Gasteiger partial charge in [-0.3, -0.25) is 38.4 Å². The normalized spacial score (nSPS) is 18.3. The summed E-state index contributed by atoms with van der Waals surface area (Å²) < 4.78 is 13.0. The number of piperidine rings is 1. The first-order chi connectivity index (χ1) is 17.3. The van der Waals surface area contributed by atoms with Gasteiger partial charge in [0, 0.05) is 18.6 Å². The van der Waals surface area contributed by atoms with Gasteiger partial charge in [0.1, 0.15) is 6.04 Å². The second-order valence-electron chi connectivity index (χ2n) is 9.35. The van der Waals surface area contributed by atoms with Crippen LogP contribution in [0.2, 0.25) is 0 Å². The van der Waals surface area contributed by atoms with Crippen LogP contribution >= 0.6 is 0 Å². The number of amides is 4. The summed E-state index contributed by atoms with van der Waals surface area (Å²) in [5.74, 6) is -2.66. The van der Waals surface area contributed by atoms with Crippen LogP contribution in [-0.2, 0) is 25.2 Å². The lowest BCUT2D eigenvalue weighted by Crippen LogP contribution is -2.54. The van der Waals surface area contributed by atoms with Crippen LogP contribution in [0, 0.1) is 0 Å². The molecule has 9 nitrogen and oxygen atoms in total. The molecule has 1 fully saturated rings. The Balaban J connectivity index is 1.42. The average Bonchev–Trinajstić information content (AvgIpc) is 3.09. The number of rotatable bonds is 15. The van der Waals surface area contributed by atoms with E-state index in [2.05, 4.69) is 5.32 Å². The van der Waals surface area contributed by atoms with Gasteiger partial charge >= 0.3 is 5.97 Å². The number of hydrogen-bond donors (Lipinski definition) is 2. The molecule has 0 spiro atoms. The lowest BCUT2D eigenvalue weighted by molar-refractivity contribution is -0.138. The second-order valence-corrected chi connectivity index (χ2v) is 10.9.